The van der Waals surface area contributed by atoms with Gasteiger partial charge >= 0.3 is 18.1 Å². The lowest BCUT2D eigenvalue weighted by molar-refractivity contribution is -0.290. The lowest BCUT2D eigenvalue weighted by atomic mass is 10.1. The van der Waals surface area contributed by atoms with E-state index in [-0.39, 0.29) is 12.1 Å². The van der Waals surface area contributed by atoms with Crippen molar-refractivity contribution in [3.05, 3.63) is 29.3 Å². The van der Waals surface area contributed by atoms with E-state index in [2.05, 4.69) is 0 Å². The standard InChI is InChI=1S/C10H7F5O4S/c1-20(18,19)7-4-5(8(16)17)2-3-6(7)9(11,12)10(13,14)15/h2-4H,1H3,(H,16,17). The third-order valence-electron chi connectivity index (χ3n) is 2.32. The third kappa shape index (κ3) is 2.89. The molecule has 0 heterocycles. The van der Waals surface area contributed by atoms with Gasteiger partial charge in [0.2, 0.25) is 0 Å². The Kier molecular flexibility index (Phi) is 3.83. The number of rotatable bonds is 3. The van der Waals surface area contributed by atoms with Crippen molar-refractivity contribution in [2.24, 2.45) is 0 Å². The maximum absolute atomic E-state index is 13.2. The molecule has 0 unspecified atom stereocenters. The Morgan fingerprint density at radius 1 is 1.15 bits per heavy atom. The average Bonchev–Trinajstić information content (AvgIpc) is 2.25. The van der Waals surface area contributed by atoms with E-state index < -0.39 is 43.9 Å². The summed E-state index contributed by atoms with van der Waals surface area (Å²) < 4.78 is 86.0. The SMILES string of the molecule is CS(=O)(=O)c1cc(C(=O)O)ccc1C(F)(F)C(F)(F)F. The molecule has 0 amide bonds. The molecule has 0 atom stereocenters. The molecular weight excluding hydrogens is 311 g/mol. The largest absolute Gasteiger partial charge is 0.478 e. The highest BCUT2D eigenvalue weighted by atomic mass is 32.2. The number of halogens is 5. The molecule has 1 aromatic carbocycles. The lowest BCUT2D eigenvalue weighted by Gasteiger charge is -2.22. The van der Waals surface area contributed by atoms with Crippen molar-refractivity contribution in [1.29, 1.82) is 0 Å². The molecule has 4 nitrogen and oxygen atoms in total. The molecule has 0 radical (unpaired) electrons. The van der Waals surface area contributed by atoms with E-state index in [1.165, 1.54) is 0 Å². The first kappa shape index (κ1) is 16.3. The number of sulfone groups is 1. The number of carboxylic acids is 1. The topological polar surface area (TPSA) is 71.4 Å². The predicted molar refractivity (Wildman–Crippen MR) is 56.5 cm³/mol. The van der Waals surface area contributed by atoms with Crippen molar-refractivity contribution in [3.63, 3.8) is 0 Å². The summed E-state index contributed by atoms with van der Waals surface area (Å²) >= 11 is 0. The van der Waals surface area contributed by atoms with Crippen LogP contribution in [0.4, 0.5) is 22.0 Å². The minimum atomic E-state index is -6.00. The highest BCUT2D eigenvalue weighted by Gasteiger charge is 2.60. The smallest absolute Gasteiger partial charge is 0.458 e. The van der Waals surface area contributed by atoms with Crippen LogP contribution in [0.2, 0.25) is 0 Å². The van der Waals surface area contributed by atoms with E-state index in [0.29, 0.717) is 12.3 Å². The molecule has 0 aliphatic carbocycles. The van der Waals surface area contributed by atoms with E-state index in [1.54, 1.807) is 0 Å². The molecule has 0 saturated carbocycles. The van der Waals surface area contributed by atoms with Crippen LogP contribution < -0.4 is 0 Å². The fourth-order valence-corrected chi connectivity index (χ4v) is 2.31. The zero-order valence-electron chi connectivity index (χ0n) is 9.70. The summed E-state index contributed by atoms with van der Waals surface area (Å²) in [5.41, 5.74) is -2.52. The van der Waals surface area contributed by atoms with Crippen molar-refractivity contribution < 1.29 is 40.3 Å². The number of carbonyl (C=O) groups is 1. The predicted octanol–water partition coefficient (Wildman–Crippen LogP) is 2.44. The first-order valence-electron chi connectivity index (χ1n) is 4.81. The highest BCUT2D eigenvalue weighted by Crippen LogP contribution is 2.46. The quantitative estimate of drug-likeness (QED) is 0.869. The van der Waals surface area contributed by atoms with Crippen LogP contribution in [0.1, 0.15) is 15.9 Å². The average molecular weight is 318 g/mol. The summed E-state index contributed by atoms with van der Waals surface area (Å²) in [5, 5.41) is 8.62. The molecule has 1 aromatic rings. The Morgan fingerprint density at radius 3 is 2.00 bits per heavy atom. The van der Waals surface area contributed by atoms with Gasteiger partial charge < -0.3 is 5.11 Å². The molecule has 112 valence electrons. The second kappa shape index (κ2) is 4.69. The summed E-state index contributed by atoms with van der Waals surface area (Å²) in [4.78, 5) is 9.26. The molecule has 1 rings (SSSR count). The maximum atomic E-state index is 13.2. The van der Waals surface area contributed by atoms with Gasteiger partial charge in [0.1, 0.15) is 0 Å². The van der Waals surface area contributed by atoms with Gasteiger partial charge in [0.25, 0.3) is 0 Å². The number of aromatic carboxylic acids is 1. The van der Waals surface area contributed by atoms with Gasteiger partial charge in [-0.1, -0.05) is 6.07 Å². The highest BCUT2D eigenvalue weighted by molar-refractivity contribution is 7.90. The summed E-state index contributed by atoms with van der Waals surface area (Å²) in [6, 6.07) is 0.895. The molecule has 0 spiro atoms. The van der Waals surface area contributed by atoms with E-state index >= 15 is 0 Å². The molecule has 20 heavy (non-hydrogen) atoms. The molecule has 0 saturated heterocycles. The Hall–Kier alpha value is -1.71. The second-order valence-corrected chi connectivity index (χ2v) is 5.84. The Labute approximate surface area is 109 Å². The van der Waals surface area contributed by atoms with Crippen molar-refractivity contribution in [2.75, 3.05) is 6.26 Å². The number of hydrogen-bond acceptors (Lipinski definition) is 3. The Bertz CT molecular complexity index is 648. The first-order valence-corrected chi connectivity index (χ1v) is 6.70. The normalized spacial score (nSPS) is 13.3. The summed E-state index contributed by atoms with van der Waals surface area (Å²) in [5.74, 6) is -7.07. The maximum Gasteiger partial charge on any atom is 0.458 e. The molecular formula is C10H7F5O4S. The van der Waals surface area contributed by atoms with Crippen LogP contribution in [0.25, 0.3) is 0 Å². The van der Waals surface area contributed by atoms with Gasteiger partial charge in [-0.05, 0) is 12.1 Å². The van der Waals surface area contributed by atoms with Gasteiger partial charge in [-0.3, -0.25) is 0 Å². The first-order chi connectivity index (χ1) is 8.78. The fraction of sp³-hybridized carbons (Fsp3) is 0.300. The number of benzene rings is 1. The van der Waals surface area contributed by atoms with Crippen LogP contribution in [-0.2, 0) is 15.8 Å². The van der Waals surface area contributed by atoms with Crippen molar-refractivity contribution >= 4 is 15.8 Å². The van der Waals surface area contributed by atoms with Crippen molar-refractivity contribution in [3.8, 4) is 0 Å². The summed E-state index contributed by atoms with van der Waals surface area (Å²) in [7, 11) is -4.48. The fourth-order valence-electron chi connectivity index (χ4n) is 1.37. The van der Waals surface area contributed by atoms with Crippen LogP contribution in [0.15, 0.2) is 23.1 Å². The number of hydrogen-bond donors (Lipinski definition) is 1. The second-order valence-electron chi connectivity index (χ2n) is 3.86. The van der Waals surface area contributed by atoms with E-state index in [1.807, 2.05) is 0 Å². The summed E-state index contributed by atoms with van der Waals surface area (Å²) in [6.45, 7) is 0. The number of carboxylic acid groups (broad SMARTS) is 1. The number of alkyl halides is 5. The van der Waals surface area contributed by atoms with E-state index in [0.717, 1.165) is 0 Å². The van der Waals surface area contributed by atoms with E-state index in [4.69, 9.17) is 5.11 Å². The van der Waals surface area contributed by atoms with Crippen LogP contribution in [0.3, 0.4) is 0 Å². The molecule has 1 N–H and O–H groups in total. The van der Waals surface area contributed by atoms with Crippen LogP contribution in [-0.4, -0.2) is 31.9 Å². The van der Waals surface area contributed by atoms with Crippen molar-refractivity contribution in [1.82, 2.24) is 0 Å². The zero-order chi connectivity index (χ0) is 15.9. The third-order valence-corrected chi connectivity index (χ3v) is 3.46. The van der Waals surface area contributed by atoms with Crippen LogP contribution in [0.5, 0.6) is 0 Å². The van der Waals surface area contributed by atoms with Crippen molar-refractivity contribution in [2.45, 2.75) is 17.0 Å². The molecule has 0 aromatic heterocycles. The Morgan fingerprint density at radius 2 is 1.65 bits per heavy atom. The molecule has 0 aliphatic heterocycles. The van der Waals surface area contributed by atoms with Crippen LogP contribution in [0, 0.1) is 0 Å². The minimum absolute atomic E-state index is 0.146. The van der Waals surface area contributed by atoms with Crippen LogP contribution >= 0.6 is 0 Å². The molecule has 0 aliphatic rings. The molecule has 0 fully saturated rings. The zero-order valence-corrected chi connectivity index (χ0v) is 10.5. The lowest BCUT2D eigenvalue weighted by Crippen LogP contribution is -2.35. The van der Waals surface area contributed by atoms with Gasteiger partial charge in [-0.15, -0.1) is 0 Å². The van der Waals surface area contributed by atoms with Gasteiger partial charge in [0.15, 0.2) is 9.84 Å². The Balaban J connectivity index is 3.69. The monoisotopic (exact) mass is 318 g/mol. The molecule has 0 bridgehead atoms. The minimum Gasteiger partial charge on any atom is -0.478 e. The van der Waals surface area contributed by atoms with Gasteiger partial charge in [-0.25, -0.2) is 13.2 Å². The van der Waals surface area contributed by atoms with Gasteiger partial charge in [0.05, 0.1) is 10.5 Å². The summed E-state index contributed by atoms with van der Waals surface area (Å²) in [6.07, 6.45) is -5.60. The van der Waals surface area contributed by atoms with Gasteiger partial charge in [0, 0.05) is 11.8 Å². The van der Waals surface area contributed by atoms with Gasteiger partial charge in [-0.2, -0.15) is 22.0 Å². The molecule has 10 heteroatoms. The van der Waals surface area contributed by atoms with E-state index in [9.17, 15) is 35.2 Å².